The van der Waals surface area contributed by atoms with Crippen molar-refractivity contribution in [2.24, 2.45) is 0 Å². The maximum atomic E-state index is 5.86. The predicted molar refractivity (Wildman–Crippen MR) is 75.7 cm³/mol. The Morgan fingerprint density at radius 1 is 1.35 bits per heavy atom. The Morgan fingerprint density at radius 3 is 2.47 bits per heavy atom. The normalized spacial score (nSPS) is 13.9. The fourth-order valence-electron chi connectivity index (χ4n) is 2.40. The molecule has 0 aliphatic carbocycles. The molecule has 0 fully saturated rings. The van der Waals surface area contributed by atoms with Crippen LogP contribution in [0, 0.1) is 0 Å². The molecule has 0 amide bonds. The first kappa shape index (κ1) is 14.7. The molecule has 1 aromatic rings. The minimum atomic E-state index is -0.0871. The number of methoxy groups -OCH3 is 1. The summed E-state index contributed by atoms with van der Waals surface area (Å²) < 4.78 is 5.86. The predicted octanol–water partition coefficient (Wildman–Crippen LogP) is 3.99. The Hall–Kier alpha value is -0.380. The van der Waals surface area contributed by atoms with Crippen LogP contribution in [0.1, 0.15) is 51.6 Å². The Bertz CT molecular complexity index is 285. The zero-order valence-corrected chi connectivity index (χ0v) is 12.3. The molecular formula is C14H25NOS. The molecule has 17 heavy (non-hydrogen) atoms. The third-order valence-electron chi connectivity index (χ3n) is 3.60. The highest BCUT2D eigenvalue weighted by Crippen LogP contribution is 2.35. The van der Waals surface area contributed by atoms with Crippen LogP contribution in [0.5, 0.6) is 0 Å². The van der Waals surface area contributed by atoms with Crippen molar-refractivity contribution in [1.82, 2.24) is 5.32 Å². The van der Waals surface area contributed by atoms with Gasteiger partial charge >= 0.3 is 0 Å². The fourth-order valence-corrected chi connectivity index (χ4v) is 3.09. The molecule has 98 valence electrons. The average molecular weight is 255 g/mol. The summed E-state index contributed by atoms with van der Waals surface area (Å²) in [5.41, 5.74) is 1.27. The van der Waals surface area contributed by atoms with Crippen molar-refractivity contribution in [1.29, 1.82) is 0 Å². The van der Waals surface area contributed by atoms with Crippen LogP contribution in [-0.2, 0) is 4.74 Å². The van der Waals surface area contributed by atoms with Gasteiger partial charge in [0.15, 0.2) is 0 Å². The first-order valence-corrected chi connectivity index (χ1v) is 7.49. The molecule has 0 aromatic carbocycles. The van der Waals surface area contributed by atoms with Crippen LogP contribution in [-0.4, -0.2) is 19.3 Å². The molecule has 0 bridgehead atoms. The van der Waals surface area contributed by atoms with Crippen molar-refractivity contribution >= 4 is 11.3 Å². The van der Waals surface area contributed by atoms with E-state index in [9.17, 15) is 0 Å². The van der Waals surface area contributed by atoms with Gasteiger partial charge in [0, 0.05) is 7.11 Å². The molecule has 0 spiro atoms. The second-order valence-electron chi connectivity index (χ2n) is 4.42. The molecule has 0 aliphatic rings. The van der Waals surface area contributed by atoms with Gasteiger partial charge in [-0.1, -0.05) is 20.8 Å². The second kappa shape index (κ2) is 7.14. The Morgan fingerprint density at radius 2 is 2.06 bits per heavy atom. The van der Waals surface area contributed by atoms with Gasteiger partial charge in [-0.3, -0.25) is 0 Å². The minimum absolute atomic E-state index is 0.0871. The summed E-state index contributed by atoms with van der Waals surface area (Å²) in [6.07, 6.45) is 3.20. The molecular weight excluding hydrogens is 230 g/mol. The molecule has 1 N–H and O–H groups in total. The maximum Gasteiger partial charge on any atom is 0.0867 e. The van der Waals surface area contributed by atoms with Crippen molar-refractivity contribution in [2.45, 2.75) is 51.7 Å². The molecule has 1 aromatic heterocycles. The molecule has 3 heteroatoms. The van der Waals surface area contributed by atoms with E-state index in [1.54, 1.807) is 11.3 Å². The number of nitrogens with one attached hydrogen (secondary N) is 1. The summed E-state index contributed by atoms with van der Waals surface area (Å²) >= 11 is 1.75. The lowest BCUT2D eigenvalue weighted by Crippen LogP contribution is -2.45. The van der Waals surface area contributed by atoms with E-state index in [0.717, 1.165) is 25.8 Å². The van der Waals surface area contributed by atoms with Crippen molar-refractivity contribution in [3.8, 4) is 0 Å². The van der Waals surface area contributed by atoms with Crippen LogP contribution < -0.4 is 5.32 Å². The monoisotopic (exact) mass is 255 g/mol. The number of ether oxygens (including phenoxy) is 1. The Kier molecular flexibility index (Phi) is 6.17. The van der Waals surface area contributed by atoms with Crippen LogP contribution in [0.2, 0.25) is 0 Å². The molecule has 0 radical (unpaired) electrons. The molecule has 2 nitrogen and oxygen atoms in total. The summed E-state index contributed by atoms with van der Waals surface area (Å²) in [4.78, 5) is 0. The van der Waals surface area contributed by atoms with Crippen molar-refractivity contribution in [3.05, 3.63) is 22.4 Å². The van der Waals surface area contributed by atoms with E-state index >= 15 is 0 Å². The van der Waals surface area contributed by atoms with Crippen molar-refractivity contribution < 1.29 is 4.74 Å². The van der Waals surface area contributed by atoms with Gasteiger partial charge in [-0.05, 0) is 48.2 Å². The number of thiophene rings is 1. The number of hydrogen-bond donors (Lipinski definition) is 1. The molecule has 0 saturated heterocycles. The summed E-state index contributed by atoms with van der Waals surface area (Å²) in [6, 6.07) is 2.51. The smallest absolute Gasteiger partial charge is 0.0867 e. The molecule has 1 atom stereocenters. The van der Waals surface area contributed by atoms with Crippen molar-refractivity contribution in [3.63, 3.8) is 0 Å². The third kappa shape index (κ3) is 3.30. The van der Waals surface area contributed by atoms with Gasteiger partial charge in [-0.15, -0.1) is 0 Å². The van der Waals surface area contributed by atoms with E-state index in [1.165, 1.54) is 5.56 Å². The molecule has 1 heterocycles. The topological polar surface area (TPSA) is 21.3 Å². The van der Waals surface area contributed by atoms with Crippen LogP contribution in [0.25, 0.3) is 0 Å². The van der Waals surface area contributed by atoms with Crippen LogP contribution in [0.4, 0.5) is 0 Å². The highest BCUT2D eigenvalue weighted by Gasteiger charge is 2.36. The average Bonchev–Trinajstić information content (AvgIpc) is 2.89. The van der Waals surface area contributed by atoms with E-state index in [0.29, 0.717) is 6.04 Å². The van der Waals surface area contributed by atoms with Crippen LogP contribution >= 0.6 is 11.3 Å². The standard InChI is InChI=1S/C14H25NOS/c1-5-9-15-13(12-8-10-17-11-12)14(6-2,7-3)16-4/h8,10-11,13,15H,5-7,9H2,1-4H3. The van der Waals surface area contributed by atoms with E-state index in [4.69, 9.17) is 4.74 Å². The van der Waals surface area contributed by atoms with E-state index < -0.39 is 0 Å². The quantitative estimate of drug-likeness (QED) is 0.758. The van der Waals surface area contributed by atoms with Gasteiger partial charge in [0.1, 0.15) is 0 Å². The summed E-state index contributed by atoms with van der Waals surface area (Å²) in [6.45, 7) is 7.65. The first-order valence-electron chi connectivity index (χ1n) is 6.54. The molecule has 1 rings (SSSR count). The Labute approximate surface area is 109 Å². The Balaban J connectivity index is 2.95. The van der Waals surface area contributed by atoms with E-state index in [1.807, 2.05) is 7.11 Å². The highest BCUT2D eigenvalue weighted by molar-refractivity contribution is 7.07. The third-order valence-corrected chi connectivity index (χ3v) is 4.31. The SMILES string of the molecule is CCCNC(c1ccsc1)C(CC)(CC)OC. The lowest BCUT2D eigenvalue weighted by Gasteiger charge is -2.39. The largest absolute Gasteiger partial charge is 0.376 e. The maximum absolute atomic E-state index is 5.86. The highest BCUT2D eigenvalue weighted by atomic mass is 32.1. The lowest BCUT2D eigenvalue weighted by molar-refractivity contribution is -0.0484. The zero-order valence-electron chi connectivity index (χ0n) is 11.5. The second-order valence-corrected chi connectivity index (χ2v) is 5.20. The summed E-state index contributed by atoms with van der Waals surface area (Å²) in [7, 11) is 1.83. The fraction of sp³-hybridized carbons (Fsp3) is 0.714. The minimum Gasteiger partial charge on any atom is -0.376 e. The zero-order chi connectivity index (χ0) is 12.7. The molecule has 1 unspecified atom stereocenters. The van der Waals surface area contributed by atoms with Crippen LogP contribution in [0.15, 0.2) is 16.8 Å². The van der Waals surface area contributed by atoms with Gasteiger partial charge in [0.2, 0.25) is 0 Å². The van der Waals surface area contributed by atoms with Gasteiger partial charge in [0.05, 0.1) is 11.6 Å². The van der Waals surface area contributed by atoms with Gasteiger partial charge in [-0.2, -0.15) is 11.3 Å². The first-order chi connectivity index (χ1) is 8.24. The van der Waals surface area contributed by atoms with Crippen LogP contribution in [0.3, 0.4) is 0 Å². The number of rotatable bonds is 8. The summed E-state index contributed by atoms with van der Waals surface area (Å²) in [5.74, 6) is 0. The number of hydrogen-bond acceptors (Lipinski definition) is 3. The summed E-state index contributed by atoms with van der Waals surface area (Å²) in [5, 5.41) is 8.02. The molecule has 0 saturated carbocycles. The lowest BCUT2D eigenvalue weighted by atomic mass is 9.84. The van der Waals surface area contributed by atoms with Gasteiger partial charge in [-0.25, -0.2) is 0 Å². The van der Waals surface area contributed by atoms with Gasteiger partial charge in [0.25, 0.3) is 0 Å². The molecule has 0 aliphatic heterocycles. The van der Waals surface area contributed by atoms with E-state index in [-0.39, 0.29) is 5.60 Å². The van der Waals surface area contributed by atoms with Gasteiger partial charge < -0.3 is 10.1 Å². The van der Waals surface area contributed by atoms with E-state index in [2.05, 4.69) is 42.9 Å². The van der Waals surface area contributed by atoms with Crippen molar-refractivity contribution in [2.75, 3.05) is 13.7 Å².